The number of fused-ring (bicyclic) bond motifs is 1. The van der Waals surface area contributed by atoms with E-state index in [0.29, 0.717) is 13.2 Å². The number of likely N-dealkylation sites (tertiary alicyclic amines) is 1. The van der Waals surface area contributed by atoms with Crippen LogP contribution >= 0.6 is 0 Å². The summed E-state index contributed by atoms with van der Waals surface area (Å²) in [6.45, 7) is 8.19. The van der Waals surface area contributed by atoms with Gasteiger partial charge in [-0.3, -0.25) is 9.69 Å². The van der Waals surface area contributed by atoms with E-state index in [1.165, 1.54) is 11.1 Å². The summed E-state index contributed by atoms with van der Waals surface area (Å²) in [6, 6.07) is 14.5. The molecule has 4 rings (SSSR count). The van der Waals surface area contributed by atoms with Crippen LogP contribution in [-0.2, 0) is 11.3 Å². The molecule has 5 heteroatoms. The van der Waals surface area contributed by atoms with Crippen molar-refractivity contribution in [3.63, 3.8) is 0 Å². The first-order valence-electron chi connectivity index (χ1n) is 10.6. The summed E-state index contributed by atoms with van der Waals surface area (Å²) in [7, 11) is 0. The largest absolute Gasteiger partial charge is 0.486 e. The number of carbonyl (C=O) groups excluding carboxylic acids is 1. The Balaban J connectivity index is 1.28. The van der Waals surface area contributed by atoms with Crippen LogP contribution in [0.4, 0.5) is 0 Å². The highest BCUT2D eigenvalue weighted by Gasteiger charge is 2.26. The third-order valence-electron chi connectivity index (χ3n) is 5.87. The predicted octanol–water partition coefficient (Wildman–Crippen LogP) is 3.86. The van der Waals surface area contributed by atoms with E-state index >= 15 is 0 Å². The number of benzene rings is 2. The molecular weight excluding hydrogens is 364 g/mol. The topological polar surface area (TPSA) is 50.8 Å². The summed E-state index contributed by atoms with van der Waals surface area (Å²) >= 11 is 0. The van der Waals surface area contributed by atoms with Gasteiger partial charge >= 0.3 is 0 Å². The molecule has 0 saturated carbocycles. The average molecular weight is 395 g/mol. The van der Waals surface area contributed by atoms with Crippen molar-refractivity contribution in [1.29, 1.82) is 0 Å². The van der Waals surface area contributed by atoms with Gasteiger partial charge < -0.3 is 14.8 Å². The maximum absolute atomic E-state index is 12.8. The van der Waals surface area contributed by atoms with E-state index < -0.39 is 0 Å². The first kappa shape index (κ1) is 19.8. The van der Waals surface area contributed by atoms with Crippen LogP contribution in [0.5, 0.6) is 11.5 Å². The van der Waals surface area contributed by atoms with E-state index in [2.05, 4.69) is 41.4 Å². The number of piperidine rings is 1. The summed E-state index contributed by atoms with van der Waals surface area (Å²) in [5.41, 5.74) is 3.68. The van der Waals surface area contributed by atoms with Gasteiger partial charge in [0.2, 0.25) is 5.91 Å². The van der Waals surface area contributed by atoms with Crippen molar-refractivity contribution in [3.8, 4) is 11.5 Å². The van der Waals surface area contributed by atoms with Crippen LogP contribution in [0.2, 0.25) is 0 Å². The van der Waals surface area contributed by atoms with Crippen LogP contribution in [-0.4, -0.2) is 37.1 Å². The molecule has 2 aromatic rings. The van der Waals surface area contributed by atoms with Crippen molar-refractivity contribution < 1.29 is 14.3 Å². The molecule has 2 heterocycles. The second-order valence-corrected chi connectivity index (χ2v) is 8.17. The van der Waals surface area contributed by atoms with Crippen molar-refractivity contribution >= 4 is 5.91 Å². The van der Waals surface area contributed by atoms with Gasteiger partial charge in [0.1, 0.15) is 13.2 Å². The van der Waals surface area contributed by atoms with E-state index in [4.69, 9.17) is 9.47 Å². The molecule has 1 fully saturated rings. The van der Waals surface area contributed by atoms with Crippen molar-refractivity contribution in [3.05, 3.63) is 59.2 Å². The van der Waals surface area contributed by atoms with E-state index in [0.717, 1.165) is 49.5 Å². The van der Waals surface area contributed by atoms with E-state index in [1.807, 2.05) is 25.1 Å². The van der Waals surface area contributed by atoms with Crippen molar-refractivity contribution in [2.45, 2.75) is 39.3 Å². The lowest BCUT2D eigenvalue weighted by Gasteiger charge is -2.32. The molecule has 1 N–H and O–H groups in total. The monoisotopic (exact) mass is 394 g/mol. The number of nitrogens with one attached hydrogen (secondary N) is 1. The average Bonchev–Trinajstić information content (AvgIpc) is 2.74. The third kappa shape index (κ3) is 4.91. The summed E-state index contributed by atoms with van der Waals surface area (Å²) in [6.07, 6.45) is 1.82. The van der Waals surface area contributed by atoms with Crippen molar-refractivity contribution in [2.24, 2.45) is 5.92 Å². The fraction of sp³-hybridized carbons (Fsp3) is 0.458. The zero-order chi connectivity index (χ0) is 20.2. The van der Waals surface area contributed by atoms with Gasteiger partial charge in [-0.1, -0.05) is 35.9 Å². The zero-order valence-corrected chi connectivity index (χ0v) is 17.3. The van der Waals surface area contributed by atoms with Gasteiger partial charge in [0.15, 0.2) is 11.5 Å². The van der Waals surface area contributed by atoms with Gasteiger partial charge in [0.05, 0.1) is 6.04 Å². The normalized spacial score (nSPS) is 18.3. The zero-order valence-electron chi connectivity index (χ0n) is 17.3. The number of aryl methyl sites for hydroxylation is 1. The summed E-state index contributed by atoms with van der Waals surface area (Å²) in [5.74, 6) is 1.78. The minimum atomic E-state index is -0.0522. The number of nitrogens with zero attached hydrogens (tertiary/aromatic N) is 1. The van der Waals surface area contributed by atoms with Gasteiger partial charge in [0, 0.05) is 12.5 Å². The second-order valence-electron chi connectivity index (χ2n) is 8.17. The molecule has 1 saturated heterocycles. The van der Waals surface area contributed by atoms with Crippen LogP contribution in [0, 0.1) is 12.8 Å². The van der Waals surface area contributed by atoms with E-state index in [-0.39, 0.29) is 17.9 Å². The molecule has 0 spiro atoms. The summed E-state index contributed by atoms with van der Waals surface area (Å²) in [5, 5.41) is 3.19. The molecule has 0 aromatic heterocycles. The molecule has 0 aliphatic carbocycles. The van der Waals surface area contributed by atoms with Gasteiger partial charge in [-0.25, -0.2) is 0 Å². The fourth-order valence-corrected chi connectivity index (χ4v) is 4.17. The Labute approximate surface area is 173 Å². The SMILES string of the molecule is Cc1cccc(CN2CCC(C(=O)N[C@H](C)c3ccc4c(c3)OCCO4)CC2)c1. The van der Waals surface area contributed by atoms with Crippen molar-refractivity contribution in [2.75, 3.05) is 26.3 Å². The van der Waals surface area contributed by atoms with Gasteiger partial charge in [-0.15, -0.1) is 0 Å². The van der Waals surface area contributed by atoms with E-state index in [9.17, 15) is 4.79 Å². The molecule has 1 amide bonds. The number of hydrogen-bond acceptors (Lipinski definition) is 4. The van der Waals surface area contributed by atoms with Gasteiger partial charge in [0.25, 0.3) is 0 Å². The molecule has 154 valence electrons. The molecule has 0 radical (unpaired) electrons. The molecule has 0 bridgehead atoms. The molecule has 29 heavy (non-hydrogen) atoms. The second kappa shape index (κ2) is 8.87. The molecule has 1 atom stereocenters. The smallest absolute Gasteiger partial charge is 0.223 e. The van der Waals surface area contributed by atoms with Crippen LogP contribution in [0.25, 0.3) is 0 Å². The maximum Gasteiger partial charge on any atom is 0.223 e. The minimum Gasteiger partial charge on any atom is -0.486 e. The molecule has 2 aromatic carbocycles. The quantitative estimate of drug-likeness (QED) is 0.837. The lowest BCUT2D eigenvalue weighted by molar-refractivity contribution is -0.127. The number of carbonyl (C=O) groups is 1. The molecule has 2 aliphatic rings. The highest BCUT2D eigenvalue weighted by Crippen LogP contribution is 2.32. The molecular formula is C24H30N2O3. The molecule has 0 unspecified atom stereocenters. The van der Waals surface area contributed by atoms with Crippen LogP contribution in [0.1, 0.15) is 42.5 Å². The predicted molar refractivity (Wildman–Crippen MR) is 113 cm³/mol. The first-order valence-corrected chi connectivity index (χ1v) is 10.6. The number of hydrogen-bond donors (Lipinski definition) is 1. The Kier molecular flexibility index (Phi) is 6.05. The Morgan fingerprint density at radius 3 is 2.62 bits per heavy atom. The van der Waals surface area contributed by atoms with Crippen LogP contribution in [0.3, 0.4) is 0 Å². The highest BCUT2D eigenvalue weighted by atomic mass is 16.6. The number of ether oxygens (including phenoxy) is 2. The molecule has 5 nitrogen and oxygen atoms in total. The minimum absolute atomic E-state index is 0.0522. The summed E-state index contributed by atoms with van der Waals surface area (Å²) < 4.78 is 11.2. The van der Waals surface area contributed by atoms with Gasteiger partial charge in [-0.2, -0.15) is 0 Å². The van der Waals surface area contributed by atoms with E-state index in [1.54, 1.807) is 0 Å². The first-order chi connectivity index (χ1) is 14.1. The Morgan fingerprint density at radius 1 is 1.10 bits per heavy atom. The lowest BCUT2D eigenvalue weighted by Crippen LogP contribution is -2.40. The Morgan fingerprint density at radius 2 is 1.86 bits per heavy atom. The lowest BCUT2D eigenvalue weighted by atomic mass is 9.94. The Hall–Kier alpha value is -2.53. The Bertz CT molecular complexity index is 859. The van der Waals surface area contributed by atoms with Crippen LogP contribution in [0.15, 0.2) is 42.5 Å². The fourth-order valence-electron chi connectivity index (χ4n) is 4.17. The highest BCUT2D eigenvalue weighted by molar-refractivity contribution is 5.79. The van der Waals surface area contributed by atoms with Gasteiger partial charge in [-0.05, 0) is 63.0 Å². The van der Waals surface area contributed by atoms with Crippen molar-refractivity contribution in [1.82, 2.24) is 10.2 Å². The standard InChI is InChI=1S/C24H30N2O3/c1-17-4-3-5-19(14-17)16-26-10-8-20(9-11-26)24(27)25-18(2)21-6-7-22-23(15-21)29-13-12-28-22/h3-7,14-15,18,20H,8-13,16H2,1-2H3,(H,25,27)/t18-/m1/s1. The van der Waals surface area contributed by atoms with Crippen LogP contribution < -0.4 is 14.8 Å². The summed E-state index contributed by atoms with van der Waals surface area (Å²) in [4.78, 5) is 15.2. The number of rotatable bonds is 5. The number of amides is 1. The maximum atomic E-state index is 12.8. The molecule has 2 aliphatic heterocycles. The third-order valence-corrected chi connectivity index (χ3v) is 5.87.